The van der Waals surface area contributed by atoms with E-state index in [9.17, 15) is 4.79 Å². The van der Waals surface area contributed by atoms with Crippen molar-refractivity contribution in [2.45, 2.75) is 20.3 Å². The van der Waals surface area contributed by atoms with Crippen LogP contribution in [0, 0.1) is 6.92 Å². The quantitative estimate of drug-likeness (QED) is 0.860. The standard InChI is InChI=1S/C14H18N2O/c1-5-11-9(2)15-13-7-6-10(16(3)4)8-12(13)14(11)17/h6-8H,5H2,1-4H3,(H,15,17). The average Bonchev–Trinajstić information content (AvgIpc) is 2.29. The molecule has 17 heavy (non-hydrogen) atoms. The van der Waals surface area contributed by atoms with Crippen LogP contribution in [0.2, 0.25) is 0 Å². The molecule has 0 saturated carbocycles. The zero-order valence-corrected chi connectivity index (χ0v) is 10.8. The normalized spacial score (nSPS) is 10.8. The molecule has 0 aliphatic heterocycles. The lowest BCUT2D eigenvalue weighted by Gasteiger charge is -2.13. The van der Waals surface area contributed by atoms with Crippen molar-refractivity contribution in [1.82, 2.24) is 4.98 Å². The molecule has 0 atom stereocenters. The van der Waals surface area contributed by atoms with Gasteiger partial charge in [-0.2, -0.15) is 0 Å². The van der Waals surface area contributed by atoms with E-state index in [0.29, 0.717) is 0 Å². The van der Waals surface area contributed by atoms with Gasteiger partial charge in [0.2, 0.25) is 0 Å². The third-order valence-corrected chi connectivity index (χ3v) is 3.17. The minimum Gasteiger partial charge on any atom is -0.378 e. The Morgan fingerprint density at radius 1 is 1.29 bits per heavy atom. The first kappa shape index (κ1) is 11.7. The summed E-state index contributed by atoms with van der Waals surface area (Å²) in [6.07, 6.45) is 0.767. The number of H-pyrrole nitrogens is 1. The third-order valence-electron chi connectivity index (χ3n) is 3.17. The second-order valence-electron chi connectivity index (χ2n) is 4.54. The number of nitrogens with zero attached hydrogens (tertiary/aromatic N) is 1. The fourth-order valence-electron chi connectivity index (χ4n) is 2.14. The zero-order valence-electron chi connectivity index (χ0n) is 10.8. The molecule has 1 heterocycles. The maximum atomic E-state index is 12.3. The molecule has 0 aliphatic rings. The summed E-state index contributed by atoms with van der Waals surface area (Å²) in [7, 11) is 3.95. The lowest BCUT2D eigenvalue weighted by molar-refractivity contribution is 1.05. The van der Waals surface area contributed by atoms with Crippen molar-refractivity contribution in [3.8, 4) is 0 Å². The second kappa shape index (κ2) is 4.24. The highest BCUT2D eigenvalue weighted by atomic mass is 16.1. The zero-order chi connectivity index (χ0) is 12.6. The van der Waals surface area contributed by atoms with Crippen molar-refractivity contribution in [3.05, 3.63) is 39.7 Å². The molecular formula is C14H18N2O. The van der Waals surface area contributed by atoms with Crippen molar-refractivity contribution in [3.63, 3.8) is 0 Å². The summed E-state index contributed by atoms with van der Waals surface area (Å²) < 4.78 is 0. The van der Waals surface area contributed by atoms with Crippen LogP contribution in [0.15, 0.2) is 23.0 Å². The van der Waals surface area contributed by atoms with Gasteiger partial charge in [0.25, 0.3) is 0 Å². The van der Waals surface area contributed by atoms with Gasteiger partial charge in [0.15, 0.2) is 5.43 Å². The van der Waals surface area contributed by atoms with Crippen LogP contribution in [0.1, 0.15) is 18.2 Å². The number of hydrogen-bond acceptors (Lipinski definition) is 2. The molecule has 2 aromatic rings. The van der Waals surface area contributed by atoms with E-state index < -0.39 is 0 Å². The van der Waals surface area contributed by atoms with Gasteiger partial charge in [-0.1, -0.05) is 6.92 Å². The number of aromatic amines is 1. The van der Waals surface area contributed by atoms with Crippen LogP contribution in [0.5, 0.6) is 0 Å². The van der Waals surface area contributed by atoms with E-state index in [1.165, 1.54) is 0 Å². The van der Waals surface area contributed by atoms with Gasteiger partial charge in [-0.05, 0) is 31.5 Å². The van der Waals surface area contributed by atoms with Crippen molar-refractivity contribution in [2.24, 2.45) is 0 Å². The number of fused-ring (bicyclic) bond motifs is 1. The van der Waals surface area contributed by atoms with Gasteiger partial charge < -0.3 is 9.88 Å². The monoisotopic (exact) mass is 230 g/mol. The smallest absolute Gasteiger partial charge is 0.192 e. The highest BCUT2D eigenvalue weighted by molar-refractivity contribution is 5.83. The van der Waals surface area contributed by atoms with Crippen LogP contribution in [0.4, 0.5) is 5.69 Å². The van der Waals surface area contributed by atoms with E-state index in [-0.39, 0.29) is 5.43 Å². The summed E-state index contributed by atoms with van der Waals surface area (Å²) in [5, 5.41) is 0.777. The highest BCUT2D eigenvalue weighted by Crippen LogP contribution is 2.18. The number of aromatic nitrogens is 1. The molecule has 0 spiro atoms. The van der Waals surface area contributed by atoms with Gasteiger partial charge in [-0.15, -0.1) is 0 Å². The molecule has 0 saturated heterocycles. The fraction of sp³-hybridized carbons (Fsp3) is 0.357. The second-order valence-corrected chi connectivity index (χ2v) is 4.54. The summed E-state index contributed by atoms with van der Waals surface area (Å²) in [6.45, 7) is 3.97. The summed E-state index contributed by atoms with van der Waals surface area (Å²) in [6, 6.07) is 5.94. The Labute approximate surface area is 101 Å². The summed E-state index contributed by atoms with van der Waals surface area (Å²) in [4.78, 5) is 17.6. The Bertz CT molecular complexity index is 611. The Morgan fingerprint density at radius 3 is 2.59 bits per heavy atom. The largest absolute Gasteiger partial charge is 0.378 e. The van der Waals surface area contributed by atoms with Crippen LogP contribution < -0.4 is 10.3 Å². The molecule has 0 bridgehead atoms. The first-order valence-electron chi connectivity index (χ1n) is 5.87. The molecule has 3 heteroatoms. The maximum absolute atomic E-state index is 12.3. The number of anilines is 1. The van der Waals surface area contributed by atoms with E-state index in [1.807, 2.05) is 51.0 Å². The summed E-state index contributed by atoms with van der Waals surface area (Å²) >= 11 is 0. The molecule has 1 N–H and O–H groups in total. The highest BCUT2D eigenvalue weighted by Gasteiger charge is 2.08. The molecule has 90 valence electrons. The molecule has 1 aromatic heterocycles. The molecule has 0 fully saturated rings. The first-order chi connectivity index (χ1) is 8.04. The lowest BCUT2D eigenvalue weighted by Crippen LogP contribution is -2.14. The number of pyridine rings is 1. The van der Waals surface area contributed by atoms with Crippen molar-refractivity contribution < 1.29 is 0 Å². The van der Waals surface area contributed by atoms with Gasteiger partial charge in [0.05, 0.1) is 0 Å². The Hall–Kier alpha value is -1.77. The fourth-order valence-corrected chi connectivity index (χ4v) is 2.14. The van der Waals surface area contributed by atoms with Gasteiger partial charge in [-0.25, -0.2) is 0 Å². The first-order valence-corrected chi connectivity index (χ1v) is 5.87. The average molecular weight is 230 g/mol. The Kier molecular flexibility index (Phi) is 2.92. The Morgan fingerprint density at radius 2 is 2.00 bits per heavy atom. The minimum absolute atomic E-state index is 0.155. The summed E-state index contributed by atoms with van der Waals surface area (Å²) in [5.41, 5.74) is 3.97. The SMILES string of the molecule is CCc1c(C)[nH]c2ccc(N(C)C)cc2c1=O. The third kappa shape index (κ3) is 1.93. The molecular weight excluding hydrogens is 212 g/mol. The predicted octanol–water partition coefficient (Wildman–Crippen LogP) is 2.46. The van der Waals surface area contributed by atoms with Crippen LogP contribution >= 0.6 is 0 Å². The molecule has 0 amide bonds. The van der Waals surface area contributed by atoms with Crippen molar-refractivity contribution >= 4 is 16.6 Å². The molecule has 1 aromatic carbocycles. The van der Waals surface area contributed by atoms with Crippen molar-refractivity contribution in [2.75, 3.05) is 19.0 Å². The van der Waals surface area contributed by atoms with E-state index in [2.05, 4.69) is 4.98 Å². The number of benzene rings is 1. The van der Waals surface area contributed by atoms with Gasteiger partial charge >= 0.3 is 0 Å². The van der Waals surface area contributed by atoms with E-state index in [0.717, 1.165) is 34.3 Å². The Balaban J connectivity index is 2.81. The predicted molar refractivity (Wildman–Crippen MR) is 73.0 cm³/mol. The van der Waals surface area contributed by atoms with Crippen LogP contribution in [0.3, 0.4) is 0 Å². The molecule has 3 nitrogen and oxygen atoms in total. The molecule has 0 unspecified atom stereocenters. The van der Waals surface area contributed by atoms with Crippen LogP contribution in [-0.4, -0.2) is 19.1 Å². The van der Waals surface area contributed by atoms with Crippen molar-refractivity contribution in [1.29, 1.82) is 0 Å². The van der Waals surface area contributed by atoms with Gasteiger partial charge in [0.1, 0.15) is 0 Å². The van der Waals surface area contributed by atoms with E-state index in [1.54, 1.807) is 0 Å². The topological polar surface area (TPSA) is 36.1 Å². The van der Waals surface area contributed by atoms with Gasteiger partial charge in [-0.3, -0.25) is 4.79 Å². The number of hydrogen-bond donors (Lipinski definition) is 1. The number of aryl methyl sites for hydroxylation is 1. The lowest BCUT2D eigenvalue weighted by atomic mass is 10.1. The van der Waals surface area contributed by atoms with Crippen LogP contribution in [-0.2, 0) is 6.42 Å². The molecule has 2 rings (SSSR count). The number of nitrogens with one attached hydrogen (secondary N) is 1. The minimum atomic E-state index is 0.155. The van der Waals surface area contributed by atoms with Crippen LogP contribution in [0.25, 0.3) is 10.9 Å². The maximum Gasteiger partial charge on any atom is 0.192 e. The molecule has 0 aliphatic carbocycles. The van der Waals surface area contributed by atoms with E-state index in [4.69, 9.17) is 0 Å². The number of rotatable bonds is 2. The molecule has 0 radical (unpaired) electrons. The van der Waals surface area contributed by atoms with E-state index >= 15 is 0 Å². The summed E-state index contributed by atoms with van der Waals surface area (Å²) in [5.74, 6) is 0. The van der Waals surface area contributed by atoms with Gasteiger partial charge in [0, 0.05) is 41.9 Å².